The molecule has 5 atom stereocenters. The largest absolute Gasteiger partial charge is 0.493 e. The highest BCUT2D eigenvalue weighted by molar-refractivity contribution is 5.98. The molecule has 0 radical (unpaired) electrons. The molecule has 1 aromatic carbocycles. The highest BCUT2D eigenvalue weighted by Gasteiger charge is 2.78. The number of aliphatic hydroxyl groups is 3. The van der Waals surface area contributed by atoms with Gasteiger partial charge in [0.1, 0.15) is 22.7 Å². The molecule has 0 bridgehead atoms. The molecule has 6 rings (SSSR count). The Morgan fingerprint density at radius 1 is 1.00 bits per heavy atom. The van der Waals surface area contributed by atoms with E-state index < -0.39 is 45.6 Å². The summed E-state index contributed by atoms with van der Waals surface area (Å²) < 4.78 is 28.4. The van der Waals surface area contributed by atoms with Crippen LogP contribution in [0.3, 0.4) is 0 Å². The molecular weight excluding hydrogens is 496 g/mol. The van der Waals surface area contributed by atoms with Crippen LogP contribution in [0.4, 0.5) is 0 Å². The minimum atomic E-state index is -1.99. The van der Waals surface area contributed by atoms with Crippen molar-refractivity contribution < 1.29 is 43.5 Å². The van der Waals surface area contributed by atoms with Crippen molar-refractivity contribution in [2.45, 2.75) is 56.8 Å². The number of hydrogen-bond donors (Lipinski definition) is 3. The fourth-order valence-corrected chi connectivity index (χ4v) is 6.92. The molecule has 1 fully saturated rings. The first-order chi connectivity index (χ1) is 17.9. The number of ether oxygens (including phenoxy) is 4. The number of allylic oxidation sites excluding steroid dienone is 1. The summed E-state index contributed by atoms with van der Waals surface area (Å²) in [4.78, 5) is 26.8. The summed E-state index contributed by atoms with van der Waals surface area (Å²) in [7, 11) is 1.49. The summed E-state index contributed by atoms with van der Waals surface area (Å²) in [5.74, 6) is 1.22. The molecule has 5 unspecified atom stereocenters. The van der Waals surface area contributed by atoms with Crippen LogP contribution in [0, 0.1) is 10.8 Å². The first-order valence-electron chi connectivity index (χ1n) is 12.5. The number of fused-ring (bicyclic) bond motifs is 5. The average Bonchev–Trinajstić information content (AvgIpc) is 3.37. The first kappa shape index (κ1) is 25.0. The van der Waals surface area contributed by atoms with Crippen LogP contribution < -0.4 is 24.6 Å². The van der Waals surface area contributed by atoms with E-state index in [4.69, 9.17) is 23.4 Å². The molecule has 2 aliphatic carbocycles. The summed E-state index contributed by atoms with van der Waals surface area (Å²) >= 11 is 0. The molecule has 2 aliphatic heterocycles. The van der Waals surface area contributed by atoms with Gasteiger partial charge in [0.05, 0.1) is 30.3 Å². The number of carbonyl (C=O) groups is 1. The normalized spacial score (nSPS) is 36.7. The van der Waals surface area contributed by atoms with E-state index >= 15 is 0 Å². The van der Waals surface area contributed by atoms with Gasteiger partial charge in [-0.2, -0.15) is 0 Å². The molecule has 1 aromatic heterocycles. The summed E-state index contributed by atoms with van der Waals surface area (Å²) in [6, 6.07) is 4.90. The minimum Gasteiger partial charge on any atom is -0.493 e. The molecule has 202 valence electrons. The molecule has 38 heavy (non-hydrogen) atoms. The van der Waals surface area contributed by atoms with Gasteiger partial charge in [0.25, 0.3) is 0 Å². The molecule has 10 heteroatoms. The van der Waals surface area contributed by atoms with Crippen LogP contribution in [0.25, 0.3) is 11.3 Å². The lowest BCUT2D eigenvalue weighted by molar-refractivity contribution is -0.301. The van der Waals surface area contributed by atoms with Gasteiger partial charge in [-0.15, -0.1) is 0 Å². The number of carbonyl (C=O) groups excluding carboxylic acids is 1. The standard InChI is InChI=1S/C28H30O10/c1-24(13-29)6-5-21(30)26(3)27(24,32)8-7-25(2)28(26,33)12-16-18(38-25)11-17(37-23(16)31)15-9-19(34-4)22-20(10-15)35-14-36-22/h5-6,9-11,29,32-33H,7-8,12-14H2,1-4H3. The van der Waals surface area contributed by atoms with E-state index in [0.29, 0.717) is 22.8 Å². The van der Waals surface area contributed by atoms with Crippen molar-refractivity contribution in [2.75, 3.05) is 20.5 Å². The highest BCUT2D eigenvalue weighted by atomic mass is 16.7. The third kappa shape index (κ3) is 2.77. The summed E-state index contributed by atoms with van der Waals surface area (Å²) in [5, 5.41) is 34.6. The van der Waals surface area contributed by atoms with E-state index in [1.54, 1.807) is 32.0 Å². The Morgan fingerprint density at radius 2 is 1.76 bits per heavy atom. The van der Waals surface area contributed by atoms with Gasteiger partial charge in [-0.25, -0.2) is 4.79 Å². The molecule has 1 saturated carbocycles. The quantitative estimate of drug-likeness (QED) is 0.544. The van der Waals surface area contributed by atoms with Crippen molar-refractivity contribution in [1.82, 2.24) is 0 Å². The first-order valence-corrected chi connectivity index (χ1v) is 12.5. The van der Waals surface area contributed by atoms with Crippen molar-refractivity contribution in [2.24, 2.45) is 10.8 Å². The van der Waals surface area contributed by atoms with E-state index in [9.17, 15) is 24.9 Å². The van der Waals surface area contributed by atoms with E-state index in [0.717, 1.165) is 0 Å². The van der Waals surface area contributed by atoms with Gasteiger partial charge in [-0.3, -0.25) is 4.79 Å². The summed E-state index contributed by atoms with van der Waals surface area (Å²) in [6.07, 6.45) is 2.76. The third-order valence-electron chi connectivity index (χ3n) is 9.58. The van der Waals surface area contributed by atoms with Crippen molar-refractivity contribution in [3.8, 4) is 34.3 Å². The maximum Gasteiger partial charge on any atom is 0.343 e. The molecule has 2 aromatic rings. The number of aliphatic hydroxyl groups excluding tert-OH is 1. The van der Waals surface area contributed by atoms with Gasteiger partial charge in [0, 0.05) is 23.5 Å². The molecule has 0 saturated heterocycles. The lowest BCUT2D eigenvalue weighted by Crippen LogP contribution is -2.82. The van der Waals surface area contributed by atoms with Crippen LogP contribution in [0.5, 0.6) is 23.0 Å². The Morgan fingerprint density at radius 3 is 2.47 bits per heavy atom. The molecule has 0 amide bonds. The number of rotatable bonds is 3. The van der Waals surface area contributed by atoms with Crippen LogP contribution in [0.15, 0.2) is 39.6 Å². The summed E-state index contributed by atoms with van der Waals surface area (Å²) in [6.45, 7) is 4.43. The Kier molecular flexibility index (Phi) is 5.00. The molecule has 3 N–H and O–H groups in total. The summed E-state index contributed by atoms with van der Waals surface area (Å²) in [5.41, 5.74) is -8.29. The number of hydrogen-bond acceptors (Lipinski definition) is 10. The van der Waals surface area contributed by atoms with Gasteiger partial charge >= 0.3 is 5.63 Å². The van der Waals surface area contributed by atoms with E-state index in [2.05, 4.69) is 0 Å². The van der Waals surface area contributed by atoms with E-state index in [-0.39, 0.29) is 43.1 Å². The average molecular weight is 527 g/mol. The second-order valence-corrected chi connectivity index (χ2v) is 11.3. The zero-order chi connectivity index (χ0) is 27.3. The van der Waals surface area contributed by atoms with Gasteiger partial charge in [0.15, 0.2) is 17.3 Å². The second kappa shape index (κ2) is 7.62. The highest BCUT2D eigenvalue weighted by Crippen LogP contribution is 2.65. The SMILES string of the molecule is COc1cc(-c2cc3c(c(=O)o2)CC2(O)C(C)(CCC4(O)C(C)(CO)C=CC(=O)C42C)O3)cc2c1OCO2. The van der Waals surface area contributed by atoms with Gasteiger partial charge in [0.2, 0.25) is 12.5 Å². The van der Waals surface area contributed by atoms with E-state index in [1.807, 2.05) is 0 Å². The Hall–Kier alpha value is -3.34. The van der Waals surface area contributed by atoms with Crippen molar-refractivity contribution in [1.29, 1.82) is 0 Å². The van der Waals surface area contributed by atoms with Crippen molar-refractivity contribution in [3.05, 3.63) is 46.3 Å². The number of methoxy groups -OCH3 is 1. The fourth-order valence-electron chi connectivity index (χ4n) is 6.92. The third-order valence-corrected chi connectivity index (χ3v) is 9.58. The minimum absolute atomic E-state index is 0.0394. The number of benzene rings is 1. The second-order valence-electron chi connectivity index (χ2n) is 11.3. The Bertz CT molecular complexity index is 1460. The fraction of sp³-hybridized carbons (Fsp3) is 0.500. The lowest BCUT2D eigenvalue weighted by Gasteiger charge is -2.68. The van der Waals surface area contributed by atoms with Crippen LogP contribution >= 0.6 is 0 Å². The van der Waals surface area contributed by atoms with E-state index in [1.165, 1.54) is 26.2 Å². The van der Waals surface area contributed by atoms with Crippen molar-refractivity contribution in [3.63, 3.8) is 0 Å². The van der Waals surface area contributed by atoms with Gasteiger partial charge in [-0.05, 0) is 44.9 Å². The maximum atomic E-state index is 13.5. The van der Waals surface area contributed by atoms with Crippen LogP contribution in [0.2, 0.25) is 0 Å². The molecule has 10 nitrogen and oxygen atoms in total. The Balaban J connectivity index is 1.49. The molecular formula is C28H30O10. The zero-order valence-electron chi connectivity index (χ0n) is 21.6. The van der Waals surface area contributed by atoms with Crippen LogP contribution in [0.1, 0.15) is 39.2 Å². The van der Waals surface area contributed by atoms with Gasteiger partial charge in [-0.1, -0.05) is 13.0 Å². The Labute approximate surface area is 218 Å². The van der Waals surface area contributed by atoms with Crippen LogP contribution in [-0.2, 0) is 11.2 Å². The topological polar surface area (TPSA) is 145 Å². The van der Waals surface area contributed by atoms with Crippen molar-refractivity contribution >= 4 is 5.78 Å². The maximum absolute atomic E-state index is 13.5. The lowest BCUT2D eigenvalue weighted by atomic mass is 9.41. The predicted molar refractivity (Wildman–Crippen MR) is 132 cm³/mol. The molecule has 3 heterocycles. The van der Waals surface area contributed by atoms with Crippen LogP contribution in [-0.4, -0.2) is 58.4 Å². The molecule has 4 aliphatic rings. The predicted octanol–water partition coefficient (Wildman–Crippen LogP) is 2.14. The smallest absolute Gasteiger partial charge is 0.343 e. The monoisotopic (exact) mass is 526 g/mol. The van der Waals surface area contributed by atoms with Gasteiger partial charge < -0.3 is 38.7 Å². The number of ketones is 1. The molecule has 0 spiro atoms. The zero-order valence-corrected chi connectivity index (χ0v) is 21.6.